The molecular weight excluding hydrogens is 258 g/mol. The van der Waals surface area contributed by atoms with Crippen LogP contribution in [0.25, 0.3) is 0 Å². The van der Waals surface area contributed by atoms with Crippen LogP contribution >= 0.6 is 27.3 Å². The lowest BCUT2D eigenvalue weighted by Gasteiger charge is -2.04. The Labute approximate surface area is 99.1 Å². The molecule has 14 heavy (non-hydrogen) atoms. The SMILES string of the molecule is CCC(Br)CCCc1nc(C)c(C)s1. The van der Waals surface area contributed by atoms with E-state index in [1.807, 2.05) is 11.3 Å². The van der Waals surface area contributed by atoms with Crippen molar-refractivity contribution in [1.29, 1.82) is 0 Å². The van der Waals surface area contributed by atoms with Gasteiger partial charge in [-0.05, 0) is 39.5 Å². The Balaban J connectivity index is 2.31. The predicted octanol–water partition coefficient (Wildman–Crippen LogP) is 4.26. The summed E-state index contributed by atoms with van der Waals surface area (Å²) in [6.07, 6.45) is 4.86. The molecule has 1 aromatic rings. The van der Waals surface area contributed by atoms with E-state index in [0.717, 1.165) is 6.42 Å². The highest BCUT2D eigenvalue weighted by Crippen LogP contribution is 2.20. The lowest BCUT2D eigenvalue weighted by atomic mass is 10.2. The zero-order chi connectivity index (χ0) is 10.6. The minimum Gasteiger partial charge on any atom is -0.246 e. The summed E-state index contributed by atoms with van der Waals surface area (Å²) in [5.41, 5.74) is 1.20. The third-order valence-electron chi connectivity index (χ3n) is 2.42. The van der Waals surface area contributed by atoms with Gasteiger partial charge in [-0.1, -0.05) is 22.9 Å². The molecule has 1 heterocycles. The fraction of sp³-hybridized carbons (Fsp3) is 0.727. The maximum Gasteiger partial charge on any atom is 0.0930 e. The number of aromatic nitrogens is 1. The van der Waals surface area contributed by atoms with Gasteiger partial charge in [0.1, 0.15) is 0 Å². The van der Waals surface area contributed by atoms with Crippen molar-refractivity contribution in [3.05, 3.63) is 15.6 Å². The van der Waals surface area contributed by atoms with Gasteiger partial charge in [-0.3, -0.25) is 0 Å². The second-order valence-electron chi connectivity index (χ2n) is 3.65. The molecule has 0 aromatic carbocycles. The molecule has 0 amide bonds. The fourth-order valence-corrected chi connectivity index (χ4v) is 2.62. The molecule has 80 valence electrons. The molecule has 1 aromatic heterocycles. The summed E-state index contributed by atoms with van der Waals surface area (Å²) in [5, 5.41) is 1.30. The number of rotatable bonds is 5. The van der Waals surface area contributed by atoms with Crippen molar-refractivity contribution in [1.82, 2.24) is 4.98 Å². The molecule has 3 heteroatoms. The highest BCUT2D eigenvalue weighted by atomic mass is 79.9. The molecule has 1 atom stereocenters. The van der Waals surface area contributed by atoms with E-state index in [2.05, 4.69) is 41.7 Å². The van der Waals surface area contributed by atoms with Gasteiger partial charge >= 0.3 is 0 Å². The van der Waals surface area contributed by atoms with E-state index in [4.69, 9.17) is 0 Å². The average Bonchev–Trinajstić information content (AvgIpc) is 2.46. The zero-order valence-electron chi connectivity index (χ0n) is 9.14. The van der Waals surface area contributed by atoms with E-state index >= 15 is 0 Å². The second kappa shape index (κ2) is 5.86. The fourth-order valence-electron chi connectivity index (χ4n) is 1.33. The first-order valence-electron chi connectivity index (χ1n) is 5.20. The Morgan fingerprint density at radius 1 is 1.43 bits per heavy atom. The molecule has 1 nitrogen and oxygen atoms in total. The van der Waals surface area contributed by atoms with Gasteiger partial charge in [-0.25, -0.2) is 4.98 Å². The summed E-state index contributed by atoms with van der Waals surface area (Å²) in [7, 11) is 0. The van der Waals surface area contributed by atoms with Crippen LogP contribution in [0.15, 0.2) is 0 Å². The van der Waals surface area contributed by atoms with Crippen molar-refractivity contribution >= 4 is 27.3 Å². The van der Waals surface area contributed by atoms with Crippen LogP contribution in [0, 0.1) is 13.8 Å². The van der Waals surface area contributed by atoms with Crippen molar-refractivity contribution in [3.8, 4) is 0 Å². The van der Waals surface area contributed by atoms with E-state index in [1.54, 1.807) is 0 Å². The number of hydrogen-bond donors (Lipinski definition) is 0. The summed E-state index contributed by atoms with van der Waals surface area (Å²) < 4.78 is 0. The van der Waals surface area contributed by atoms with E-state index in [1.165, 1.54) is 34.8 Å². The van der Waals surface area contributed by atoms with Gasteiger partial charge in [0.15, 0.2) is 0 Å². The number of thiazole rings is 1. The van der Waals surface area contributed by atoms with Crippen molar-refractivity contribution in [3.63, 3.8) is 0 Å². The molecule has 0 N–H and O–H groups in total. The molecule has 0 radical (unpaired) electrons. The van der Waals surface area contributed by atoms with Crippen LogP contribution in [0.3, 0.4) is 0 Å². The molecule has 1 rings (SSSR count). The molecule has 1 unspecified atom stereocenters. The monoisotopic (exact) mass is 275 g/mol. The number of halogens is 1. The second-order valence-corrected chi connectivity index (χ2v) is 6.23. The summed E-state index contributed by atoms with van der Waals surface area (Å²) in [5.74, 6) is 0. The van der Waals surface area contributed by atoms with Crippen LogP contribution in [-0.2, 0) is 6.42 Å². The molecule has 0 aliphatic carbocycles. The van der Waals surface area contributed by atoms with Gasteiger partial charge in [0, 0.05) is 9.70 Å². The largest absolute Gasteiger partial charge is 0.246 e. The maximum atomic E-state index is 4.54. The van der Waals surface area contributed by atoms with Crippen molar-refractivity contribution in [2.45, 2.75) is 51.3 Å². The normalized spacial score (nSPS) is 13.1. The first kappa shape index (κ1) is 12.2. The van der Waals surface area contributed by atoms with Gasteiger partial charge < -0.3 is 0 Å². The topological polar surface area (TPSA) is 12.9 Å². The molecule has 0 saturated heterocycles. The van der Waals surface area contributed by atoms with Gasteiger partial charge in [-0.2, -0.15) is 0 Å². The van der Waals surface area contributed by atoms with Crippen molar-refractivity contribution < 1.29 is 0 Å². The highest BCUT2D eigenvalue weighted by Gasteiger charge is 2.05. The lowest BCUT2D eigenvalue weighted by Crippen LogP contribution is -1.96. The highest BCUT2D eigenvalue weighted by molar-refractivity contribution is 9.09. The Morgan fingerprint density at radius 3 is 2.64 bits per heavy atom. The quantitative estimate of drug-likeness (QED) is 0.732. The van der Waals surface area contributed by atoms with E-state index in [0.29, 0.717) is 4.83 Å². The van der Waals surface area contributed by atoms with Crippen LogP contribution in [-0.4, -0.2) is 9.81 Å². The Bertz CT molecular complexity index is 263. The van der Waals surface area contributed by atoms with Crippen LogP contribution < -0.4 is 0 Å². The predicted molar refractivity (Wildman–Crippen MR) is 67.5 cm³/mol. The summed E-state index contributed by atoms with van der Waals surface area (Å²) in [6, 6.07) is 0. The summed E-state index contributed by atoms with van der Waals surface area (Å²) >= 11 is 5.50. The third kappa shape index (κ3) is 3.70. The van der Waals surface area contributed by atoms with E-state index in [-0.39, 0.29) is 0 Å². The molecule has 0 aliphatic heterocycles. The molecule has 0 saturated carbocycles. The Morgan fingerprint density at radius 2 is 2.14 bits per heavy atom. The standard InChI is InChI=1S/C11H18BrNS/c1-4-10(12)6-5-7-11-13-8(2)9(3)14-11/h10H,4-7H2,1-3H3. The van der Waals surface area contributed by atoms with E-state index < -0.39 is 0 Å². The maximum absolute atomic E-state index is 4.54. The lowest BCUT2D eigenvalue weighted by molar-refractivity contribution is 0.687. The third-order valence-corrected chi connectivity index (χ3v) is 4.66. The van der Waals surface area contributed by atoms with Crippen LogP contribution in [0.4, 0.5) is 0 Å². The molecule has 0 fully saturated rings. The van der Waals surface area contributed by atoms with Crippen LogP contribution in [0.2, 0.25) is 0 Å². The number of alkyl halides is 1. The zero-order valence-corrected chi connectivity index (χ0v) is 11.5. The molecular formula is C11H18BrNS. The minimum atomic E-state index is 0.685. The number of nitrogens with zero attached hydrogens (tertiary/aromatic N) is 1. The average molecular weight is 276 g/mol. The van der Waals surface area contributed by atoms with Crippen molar-refractivity contribution in [2.75, 3.05) is 0 Å². The first-order valence-corrected chi connectivity index (χ1v) is 6.93. The Hall–Kier alpha value is 0.110. The number of hydrogen-bond acceptors (Lipinski definition) is 2. The van der Waals surface area contributed by atoms with Crippen LogP contribution in [0.5, 0.6) is 0 Å². The first-order chi connectivity index (χ1) is 6.63. The molecule has 0 spiro atoms. The van der Waals surface area contributed by atoms with Gasteiger partial charge in [0.05, 0.1) is 10.7 Å². The molecule has 0 bridgehead atoms. The smallest absolute Gasteiger partial charge is 0.0930 e. The number of aryl methyl sites for hydroxylation is 3. The minimum absolute atomic E-state index is 0.685. The summed E-state index contributed by atoms with van der Waals surface area (Å²) in [6.45, 7) is 6.46. The van der Waals surface area contributed by atoms with Crippen LogP contribution in [0.1, 0.15) is 41.8 Å². The summed E-state index contributed by atoms with van der Waals surface area (Å²) in [4.78, 5) is 6.59. The van der Waals surface area contributed by atoms with Gasteiger partial charge in [0.2, 0.25) is 0 Å². The van der Waals surface area contributed by atoms with E-state index in [9.17, 15) is 0 Å². The van der Waals surface area contributed by atoms with Crippen molar-refractivity contribution in [2.24, 2.45) is 0 Å². The van der Waals surface area contributed by atoms with Gasteiger partial charge in [-0.15, -0.1) is 11.3 Å². The van der Waals surface area contributed by atoms with Gasteiger partial charge in [0.25, 0.3) is 0 Å². The molecule has 0 aliphatic rings. The Kier molecular flexibility index (Phi) is 5.10.